The molecule has 0 heterocycles. The summed E-state index contributed by atoms with van der Waals surface area (Å²) in [4.78, 5) is 0. The normalized spacial score (nSPS) is 30.1. The van der Waals surface area contributed by atoms with Crippen LogP contribution in [0.25, 0.3) is 0 Å². The molecule has 0 saturated heterocycles. The molecule has 0 bridgehead atoms. The van der Waals surface area contributed by atoms with Crippen molar-refractivity contribution >= 4 is 12.7 Å². The highest BCUT2D eigenvalue weighted by Crippen LogP contribution is 2.48. The summed E-state index contributed by atoms with van der Waals surface area (Å²) in [6.45, 7) is 8.54. The Hall–Kier alpha value is -0.590. The second-order valence-electron chi connectivity index (χ2n) is 6.65. The summed E-state index contributed by atoms with van der Waals surface area (Å²) in [6.07, 6.45) is 3.63. The van der Waals surface area contributed by atoms with Crippen LogP contribution in [0.3, 0.4) is 0 Å². The molecule has 0 aromatic heterocycles. The minimum atomic E-state index is -2.72. The van der Waals surface area contributed by atoms with Crippen LogP contribution in [0.5, 0.6) is 0 Å². The lowest BCUT2D eigenvalue weighted by atomic mass is 9.75. The Balaban J connectivity index is 2.15. The molecule has 1 aliphatic rings. The van der Waals surface area contributed by atoms with Gasteiger partial charge in [0, 0.05) is 12.0 Å². The summed E-state index contributed by atoms with van der Waals surface area (Å²) in [6, 6.07) is 9.63. The van der Waals surface area contributed by atoms with Gasteiger partial charge in [-0.15, -0.1) is 0 Å². The molecule has 1 aromatic carbocycles. The van der Waals surface area contributed by atoms with Gasteiger partial charge in [0.1, 0.15) is 0 Å². The zero-order valence-corrected chi connectivity index (χ0v) is 14.0. The molecule has 1 saturated carbocycles. The molecule has 1 aliphatic carbocycles. The third kappa shape index (κ3) is 3.74. The van der Waals surface area contributed by atoms with Crippen molar-refractivity contribution in [3.8, 4) is 0 Å². The molecule has 2 nitrogen and oxygen atoms in total. The summed E-state index contributed by atoms with van der Waals surface area (Å²) >= 11 is 0. The summed E-state index contributed by atoms with van der Waals surface area (Å²) in [5.74, 6) is 1.79. The molecule has 0 aliphatic heterocycles. The maximum atomic E-state index is 12.9. The third-order valence-corrected chi connectivity index (χ3v) is 6.43. The van der Waals surface area contributed by atoms with Gasteiger partial charge in [-0.2, -0.15) is 0 Å². The molecule has 2 rings (SSSR count). The van der Waals surface area contributed by atoms with Crippen molar-refractivity contribution in [2.75, 3.05) is 6.66 Å². The van der Waals surface area contributed by atoms with E-state index in [-0.39, 0.29) is 6.10 Å². The molecular weight excluding hydrogens is 267 g/mol. The van der Waals surface area contributed by atoms with E-state index in [2.05, 4.69) is 20.8 Å². The minimum absolute atomic E-state index is 0.134. The quantitative estimate of drug-likeness (QED) is 0.753. The lowest BCUT2D eigenvalue weighted by molar-refractivity contribution is 0.0506. The Kier molecular flexibility index (Phi) is 5.09. The highest BCUT2D eigenvalue weighted by Gasteiger charge is 2.35. The topological polar surface area (TPSA) is 26.3 Å². The van der Waals surface area contributed by atoms with Crippen LogP contribution in [-0.2, 0) is 9.09 Å². The van der Waals surface area contributed by atoms with E-state index in [4.69, 9.17) is 4.52 Å². The molecular formula is C17H27O2P. The first kappa shape index (κ1) is 15.8. The zero-order chi connectivity index (χ0) is 14.8. The highest BCUT2D eigenvalue weighted by molar-refractivity contribution is 7.66. The van der Waals surface area contributed by atoms with Crippen molar-refractivity contribution in [3.63, 3.8) is 0 Å². The van der Waals surface area contributed by atoms with Gasteiger partial charge in [-0.3, -0.25) is 4.57 Å². The average molecular weight is 294 g/mol. The van der Waals surface area contributed by atoms with Gasteiger partial charge in [-0.25, -0.2) is 0 Å². The summed E-state index contributed by atoms with van der Waals surface area (Å²) in [5.41, 5.74) is 0. The molecule has 0 radical (unpaired) electrons. The van der Waals surface area contributed by atoms with Gasteiger partial charge in [-0.05, 0) is 42.7 Å². The summed E-state index contributed by atoms with van der Waals surface area (Å²) in [7, 11) is -2.72. The van der Waals surface area contributed by atoms with Crippen LogP contribution < -0.4 is 5.30 Å². The predicted molar refractivity (Wildman–Crippen MR) is 85.8 cm³/mol. The first-order valence-electron chi connectivity index (χ1n) is 7.71. The Morgan fingerprint density at radius 3 is 2.45 bits per heavy atom. The van der Waals surface area contributed by atoms with E-state index in [0.717, 1.165) is 11.7 Å². The lowest BCUT2D eigenvalue weighted by Gasteiger charge is -2.38. The minimum Gasteiger partial charge on any atom is -0.322 e. The van der Waals surface area contributed by atoms with Gasteiger partial charge in [0.15, 0.2) is 0 Å². The van der Waals surface area contributed by atoms with Crippen molar-refractivity contribution in [2.45, 2.75) is 46.1 Å². The van der Waals surface area contributed by atoms with Crippen LogP contribution in [0.4, 0.5) is 0 Å². The van der Waals surface area contributed by atoms with Crippen LogP contribution >= 0.6 is 7.37 Å². The van der Waals surface area contributed by atoms with Gasteiger partial charge >= 0.3 is 0 Å². The van der Waals surface area contributed by atoms with Gasteiger partial charge in [0.2, 0.25) is 7.37 Å². The zero-order valence-electron chi connectivity index (χ0n) is 13.1. The lowest BCUT2D eigenvalue weighted by Crippen LogP contribution is -2.34. The molecule has 0 unspecified atom stereocenters. The Labute approximate surface area is 123 Å². The fourth-order valence-electron chi connectivity index (χ4n) is 3.25. The molecule has 0 spiro atoms. The van der Waals surface area contributed by atoms with Gasteiger partial charge in [0.05, 0.1) is 6.10 Å². The van der Waals surface area contributed by atoms with E-state index in [9.17, 15) is 4.57 Å². The fraction of sp³-hybridized carbons (Fsp3) is 0.647. The van der Waals surface area contributed by atoms with Crippen LogP contribution in [0.2, 0.25) is 0 Å². The van der Waals surface area contributed by atoms with Crippen molar-refractivity contribution in [3.05, 3.63) is 30.3 Å². The van der Waals surface area contributed by atoms with Gasteiger partial charge in [-0.1, -0.05) is 45.4 Å². The second-order valence-corrected chi connectivity index (χ2v) is 9.07. The van der Waals surface area contributed by atoms with E-state index in [0.29, 0.717) is 17.8 Å². The average Bonchev–Trinajstić information content (AvgIpc) is 2.39. The molecule has 0 amide bonds. The summed E-state index contributed by atoms with van der Waals surface area (Å²) in [5, 5.41) is 0.834. The monoisotopic (exact) mass is 294 g/mol. The van der Waals surface area contributed by atoms with Crippen LogP contribution in [0.15, 0.2) is 30.3 Å². The van der Waals surface area contributed by atoms with Crippen molar-refractivity contribution in [2.24, 2.45) is 17.8 Å². The molecule has 112 valence electrons. The first-order valence-corrected chi connectivity index (χ1v) is 9.79. The Bertz CT molecular complexity index is 469. The van der Waals surface area contributed by atoms with Crippen LogP contribution in [0, 0.1) is 17.8 Å². The number of benzene rings is 1. The van der Waals surface area contributed by atoms with Gasteiger partial charge in [0.25, 0.3) is 0 Å². The van der Waals surface area contributed by atoms with Crippen molar-refractivity contribution < 1.29 is 9.09 Å². The standard InChI is InChI=1S/C17H27O2P/c1-13(2)16-11-10-14(3)12-17(16)19-20(4,18)15-8-6-5-7-9-15/h5-9,13-14,16-17H,10-12H2,1-4H3/t14-,16+,17-,20-/m0/s1. The van der Waals surface area contributed by atoms with E-state index >= 15 is 0 Å². The highest BCUT2D eigenvalue weighted by atomic mass is 31.2. The molecule has 4 atom stereocenters. The number of hydrogen-bond donors (Lipinski definition) is 0. The first-order chi connectivity index (χ1) is 9.40. The van der Waals surface area contributed by atoms with Gasteiger partial charge < -0.3 is 4.52 Å². The number of hydrogen-bond acceptors (Lipinski definition) is 2. The maximum Gasteiger partial charge on any atom is 0.229 e. The van der Waals surface area contributed by atoms with E-state index < -0.39 is 7.37 Å². The summed E-state index contributed by atoms with van der Waals surface area (Å²) < 4.78 is 19.1. The third-order valence-electron chi connectivity index (χ3n) is 4.52. The molecule has 0 N–H and O–H groups in total. The van der Waals surface area contributed by atoms with Crippen LogP contribution in [-0.4, -0.2) is 12.8 Å². The van der Waals surface area contributed by atoms with E-state index in [1.807, 2.05) is 30.3 Å². The largest absolute Gasteiger partial charge is 0.322 e. The molecule has 1 fully saturated rings. The molecule has 20 heavy (non-hydrogen) atoms. The SMILES string of the molecule is CC(C)[C@H]1CC[C@H](C)C[C@@H]1O[P@](C)(=O)c1ccccc1. The maximum absolute atomic E-state index is 12.9. The van der Waals surface area contributed by atoms with E-state index in [1.54, 1.807) is 6.66 Å². The van der Waals surface area contributed by atoms with Crippen molar-refractivity contribution in [1.82, 2.24) is 0 Å². The van der Waals surface area contributed by atoms with E-state index in [1.165, 1.54) is 12.8 Å². The Morgan fingerprint density at radius 2 is 1.85 bits per heavy atom. The Morgan fingerprint density at radius 1 is 1.20 bits per heavy atom. The molecule has 3 heteroatoms. The smallest absolute Gasteiger partial charge is 0.229 e. The van der Waals surface area contributed by atoms with Crippen LogP contribution in [0.1, 0.15) is 40.0 Å². The predicted octanol–water partition coefficient (Wildman–Crippen LogP) is 4.70. The number of rotatable bonds is 4. The second kappa shape index (κ2) is 6.45. The fourth-order valence-corrected chi connectivity index (χ4v) is 4.85. The van der Waals surface area contributed by atoms with Crippen molar-refractivity contribution in [1.29, 1.82) is 0 Å². The molecule has 1 aromatic rings.